The fourth-order valence-electron chi connectivity index (χ4n) is 3.57. The molecule has 0 amide bonds. The lowest BCUT2D eigenvalue weighted by Gasteiger charge is -2.19. The maximum atomic E-state index is 12.7. The summed E-state index contributed by atoms with van der Waals surface area (Å²) < 4.78 is 40.1. The molecular weight excluding hydrogens is 522 g/mol. The van der Waals surface area contributed by atoms with Crippen LogP contribution in [0.1, 0.15) is 30.3 Å². The normalized spacial score (nSPS) is 17.5. The highest BCUT2D eigenvalue weighted by Crippen LogP contribution is 2.29. The summed E-state index contributed by atoms with van der Waals surface area (Å²) in [6.45, 7) is 5.83. The van der Waals surface area contributed by atoms with Crippen LogP contribution in [-0.2, 0) is 25.7 Å². The van der Waals surface area contributed by atoms with Gasteiger partial charge in [0.25, 0.3) is 0 Å². The smallest absolute Gasteiger partial charge is 0.355 e. The first-order valence-corrected chi connectivity index (χ1v) is 10.1. The van der Waals surface area contributed by atoms with Gasteiger partial charge in [-0.05, 0) is 24.1 Å². The van der Waals surface area contributed by atoms with E-state index in [9.17, 15) is 13.2 Å². The SMILES string of the molecule is CCc1nncn1CCNC(=NC)NC1CCN(Cc2ccc(C(F)(F)F)cc2)C1.I. The first-order chi connectivity index (χ1) is 14.4. The van der Waals surface area contributed by atoms with Crippen molar-refractivity contribution in [3.8, 4) is 0 Å². The van der Waals surface area contributed by atoms with Crippen LogP contribution >= 0.6 is 24.0 Å². The van der Waals surface area contributed by atoms with Gasteiger partial charge < -0.3 is 15.2 Å². The summed E-state index contributed by atoms with van der Waals surface area (Å²) in [7, 11) is 1.74. The van der Waals surface area contributed by atoms with Crippen molar-refractivity contribution >= 4 is 29.9 Å². The van der Waals surface area contributed by atoms with Crippen LogP contribution in [0, 0.1) is 0 Å². The van der Waals surface area contributed by atoms with E-state index in [1.54, 1.807) is 25.5 Å². The molecule has 1 saturated heterocycles. The molecule has 0 saturated carbocycles. The minimum Gasteiger partial charge on any atom is -0.355 e. The lowest BCUT2D eigenvalue weighted by molar-refractivity contribution is -0.137. The van der Waals surface area contributed by atoms with Crippen molar-refractivity contribution in [2.45, 2.75) is 45.1 Å². The number of benzene rings is 1. The van der Waals surface area contributed by atoms with Crippen LogP contribution in [-0.4, -0.2) is 58.3 Å². The van der Waals surface area contributed by atoms with Gasteiger partial charge in [0.2, 0.25) is 0 Å². The number of rotatable bonds is 7. The Bertz CT molecular complexity index is 836. The first-order valence-electron chi connectivity index (χ1n) is 10.1. The molecule has 3 rings (SSSR count). The van der Waals surface area contributed by atoms with Crippen molar-refractivity contribution in [3.63, 3.8) is 0 Å². The van der Waals surface area contributed by atoms with E-state index >= 15 is 0 Å². The van der Waals surface area contributed by atoms with E-state index in [1.165, 1.54) is 0 Å². The fraction of sp³-hybridized carbons (Fsp3) is 0.550. The van der Waals surface area contributed by atoms with Gasteiger partial charge >= 0.3 is 6.18 Å². The fourth-order valence-corrected chi connectivity index (χ4v) is 3.57. The summed E-state index contributed by atoms with van der Waals surface area (Å²) in [5.41, 5.74) is 0.270. The average Bonchev–Trinajstić information content (AvgIpc) is 3.36. The number of nitrogens with one attached hydrogen (secondary N) is 2. The lowest BCUT2D eigenvalue weighted by Crippen LogP contribution is -2.45. The number of guanidine groups is 1. The third-order valence-corrected chi connectivity index (χ3v) is 5.18. The molecule has 172 valence electrons. The number of likely N-dealkylation sites (tertiary alicyclic amines) is 1. The van der Waals surface area contributed by atoms with E-state index in [2.05, 4.69) is 30.7 Å². The van der Waals surface area contributed by atoms with Crippen molar-refractivity contribution in [1.29, 1.82) is 0 Å². The molecule has 1 aromatic carbocycles. The standard InChI is InChI=1S/C20H28F3N7.HI/c1-3-18-28-26-14-30(18)11-9-25-19(24-2)27-17-8-10-29(13-17)12-15-4-6-16(7-5-15)20(21,22)23;/h4-7,14,17H,3,8-13H2,1-2H3,(H2,24,25,27);1H. The zero-order valence-corrected chi connectivity index (χ0v) is 20.0. The second-order valence-corrected chi connectivity index (χ2v) is 7.35. The van der Waals surface area contributed by atoms with Gasteiger partial charge in [-0.3, -0.25) is 9.89 Å². The summed E-state index contributed by atoms with van der Waals surface area (Å²) in [5.74, 6) is 1.69. The third-order valence-electron chi connectivity index (χ3n) is 5.18. The number of hydrogen-bond donors (Lipinski definition) is 2. The summed E-state index contributed by atoms with van der Waals surface area (Å²) >= 11 is 0. The van der Waals surface area contributed by atoms with Crippen molar-refractivity contribution in [2.24, 2.45) is 4.99 Å². The van der Waals surface area contributed by atoms with E-state index in [4.69, 9.17) is 0 Å². The van der Waals surface area contributed by atoms with Gasteiger partial charge in [-0.1, -0.05) is 19.1 Å². The molecule has 0 aliphatic carbocycles. The average molecular weight is 551 g/mol. The van der Waals surface area contributed by atoms with E-state index < -0.39 is 11.7 Å². The molecule has 1 unspecified atom stereocenters. The monoisotopic (exact) mass is 551 g/mol. The van der Waals surface area contributed by atoms with Gasteiger partial charge in [-0.15, -0.1) is 34.2 Å². The maximum absolute atomic E-state index is 12.7. The van der Waals surface area contributed by atoms with Crippen molar-refractivity contribution in [1.82, 2.24) is 30.3 Å². The van der Waals surface area contributed by atoms with Crippen LogP contribution in [0.2, 0.25) is 0 Å². The van der Waals surface area contributed by atoms with Crippen molar-refractivity contribution in [3.05, 3.63) is 47.5 Å². The topological polar surface area (TPSA) is 70.4 Å². The number of aryl methyl sites for hydroxylation is 1. The van der Waals surface area contributed by atoms with E-state index in [0.29, 0.717) is 13.1 Å². The van der Waals surface area contributed by atoms with Crippen LogP contribution in [0.25, 0.3) is 0 Å². The highest BCUT2D eigenvalue weighted by Gasteiger charge is 2.30. The van der Waals surface area contributed by atoms with Crippen LogP contribution in [0.15, 0.2) is 35.6 Å². The summed E-state index contributed by atoms with van der Waals surface area (Å²) in [6.07, 6.45) is -0.778. The van der Waals surface area contributed by atoms with E-state index in [0.717, 1.165) is 62.0 Å². The molecule has 2 aromatic rings. The molecule has 0 radical (unpaired) electrons. The van der Waals surface area contributed by atoms with Crippen molar-refractivity contribution < 1.29 is 13.2 Å². The van der Waals surface area contributed by atoms with Gasteiger partial charge in [0.1, 0.15) is 12.2 Å². The highest BCUT2D eigenvalue weighted by atomic mass is 127. The van der Waals surface area contributed by atoms with Gasteiger partial charge in [0.05, 0.1) is 5.56 Å². The molecule has 1 atom stereocenters. The molecule has 7 nitrogen and oxygen atoms in total. The van der Waals surface area contributed by atoms with Gasteiger partial charge in [-0.25, -0.2) is 0 Å². The molecule has 1 aromatic heterocycles. The molecule has 1 aliphatic heterocycles. The Morgan fingerprint density at radius 1 is 1.26 bits per heavy atom. The second kappa shape index (κ2) is 11.7. The van der Waals surface area contributed by atoms with Crippen molar-refractivity contribution in [2.75, 3.05) is 26.7 Å². The van der Waals surface area contributed by atoms with Gasteiger partial charge in [0.15, 0.2) is 5.96 Å². The molecule has 1 fully saturated rings. The Hall–Kier alpha value is -1.89. The number of nitrogens with zero attached hydrogens (tertiary/aromatic N) is 5. The summed E-state index contributed by atoms with van der Waals surface area (Å²) in [6, 6.07) is 5.64. The number of halogens is 4. The van der Waals surface area contributed by atoms with Crippen LogP contribution in [0.3, 0.4) is 0 Å². The van der Waals surface area contributed by atoms with Crippen LogP contribution < -0.4 is 10.6 Å². The molecule has 2 heterocycles. The number of aromatic nitrogens is 3. The van der Waals surface area contributed by atoms with E-state index in [-0.39, 0.29) is 30.0 Å². The minimum atomic E-state index is -4.30. The van der Waals surface area contributed by atoms with Crippen LogP contribution in [0.4, 0.5) is 13.2 Å². The Balaban J connectivity index is 0.00000341. The molecular formula is C20H29F3IN7. The molecule has 11 heteroatoms. The first kappa shape index (κ1) is 25.4. The Morgan fingerprint density at radius 2 is 2.00 bits per heavy atom. The second-order valence-electron chi connectivity index (χ2n) is 7.35. The molecule has 2 N–H and O–H groups in total. The van der Waals surface area contributed by atoms with Gasteiger partial charge in [-0.2, -0.15) is 13.2 Å². The number of alkyl halides is 3. The number of hydrogen-bond acceptors (Lipinski definition) is 4. The van der Waals surface area contributed by atoms with Crippen LogP contribution in [0.5, 0.6) is 0 Å². The number of aliphatic imine (C=N–C) groups is 1. The summed E-state index contributed by atoms with van der Waals surface area (Å²) in [5, 5.41) is 14.7. The molecule has 0 bridgehead atoms. The zero-order chi connectivity index (χ0) is 21.6. The lowest BCUT2D eigenvalue weighted by atomic mass is 10.1. The molecule has 31 heavy (non-hydrogen) atoms. The molecule has 1 aliphatic rings. The quantitative estimate of drug-likeness (QED) is 0.315. The van der Waals surface area contributed by atoms with E-state index in [1.807, 2.05) is 11.5 Å². The van der Waals surface area contributed by atoms with Gasteiger partial charge in [0, 0.05) is 52.2 Å². The largest absolute Gasteiger partial charge is 0.416 e. The Morgan fingerprint density at radius 3 is 2.65 bits per heavy atom. The zero-order valence-electron chi connectivity index (χ0n) is 17.7. The maximum Gasteiger partial charge on any atom is 0.416 e. The highest BCUT2D eigenvalue weighted by molar-refractivity contribution is 14.0. The summed E-state index contributed by atoms with van der Waals surface area (Å²) in [4.78, 5) is 6.52. The predicted molar refractivity (Wildman–Crippen MR) is 124 cm³/mol. The third kappa shape index (κ3) is 7.34. The minimum absolute atomic E-state index is 0. The predicted octanol–water partition coefficient (Wildman–Crippen LogP) is 2.92. The Labute approximate surface area is 197 Å². The Kier molecular flexibility index (Phi) is 9.54. The molecule has 0 spiro atoms.